The number of carbonyl (C=O) groups excluding carboxylic acids is 1. The summed E-state index contributed by atoms with van der Waals surface area (Å²) in [5.41, 5.74) is 1.69. The summed E-state index contributed by atoms with van der Waals surface area (Å²) < 4.78 is 6.47. The van der Waals surface area contributed by atoms with Crippen LogP contribution in [0.4, 0.5) is 5.69 Å². The van der Waals surface area contributed by atoms with Crippen molar-refractivity contribution in [1.29, 1.82) is 0 Å². The fourth-order valence-corrected chi connectivity index (χ4v) is 2.84. The molecule has 2 aromatic carbocycles. The molecule has 7 heteroatoms. The van der Waals surface area contributed by atoms with Crippen LogP contribution in [0.3, 0.4) is 0 Å². The van der Waals surface area contributed by atoms with Gasteiger partial charge in [0.15, 0.2) is 0 Å². The minimum absolute atomic E-state index is 0.309. The lowest BCUT2D eigenvalue weighted by Gasteiger charge is -2.10. The Morgan fingerprint density at radius 1 is 1.19 bits per heavy atom. The average molecular weight is 353 g/mol. The van der Waals surface area contributed by atoms with Crippen molar-refractivity contribution in [2.45, 2.75) is 20.1 Å². The van der Waals surface area contributed by atoms with Gasteiger partial charge < -0.3 is 19.6 Å². The zero-order chi connectivity index (χ0) is 18.7. The highest BCUT2D eigenvalue weighted by Gasteiger charge is 2.11. The van der Waals surface area contributed by atoms with Gasteiger partial charge in [-0.05, 0) is 42.8 Å². The summed E-state index contributed by atoms with van der Waals surface area (Å²) in [7, 11) is 1.61. The number of hydrogen-bond acceptors (Lipinski definition) is 4. The Kier molecular flexibility index (Phi) is 4.99. The van der Waals surface area contributed by atoms with E-state index in [4.69, 9.17) is 4.74 Å². The van der Waals surface area contributed by atoms with Gasteiger partial charge in [-0.2, -0.15) is 0 Å². The molecule has 0 aliphatic carbocycles. The molecule has 134 valence electrons. The van der Waals surface area contributed by atoms with E-state index in [9.17, 15) is 14.4 Å². The Labute approximate surface area is 149 Å². The van der Waals surface area contributed by atoms with Gasteiger partial charge >= 0.3 is 11.1 Å². The van der Waals surface area contributed by atoms with Gasteiger partial charge in [-0.15, -0.1) is 0 Å². The van der Waals surface area contributed by atoms with Crippen molar-refractivity contribution >= 4 is 22.6 Å². The molecule has 1 aromatic heterocycles. The third kappa shape index (κ3) is 3.43. The number of aryl methyl sites for hydroxylation is 1. The monoisotopic (exact) mass is 353 g/mol. The summed E-state index contributed by atoms with van der Waals surface area (Å²) >= 11 is 0. The predicted octanol–water partition coefficient (Wildman–Crippen LogP) is 2.11. The molecule has 0 bridgehead atoms. The first-order valence-corrected chi connectivity index (χ1v) is 8.19. The highest BCUT2D eigenvalue weighted by Crippen LogP contribution is 2.15. The lowest BCUT2D eigenvalue weighted by Crippen LogP contribution is -2.36. The second kappa shape index (κ2) is 7.37. The summed E-state index contributed by atoms with van der Waals surface area (Å²) in [4.78, 5) is 38.7. The van der Waals surface area contributed by atoms with Crippen LogP contribution in [0, 0.1) is 0 Å². The van der Waals surface area contributed by atoms with Crippen molar-refractivity contribution in [1.82, 2.24) is 9.55 Å². The molecular weight excluding hydrogens is 334 g/mol. The SMILES string of the molecule is CCn1c(=O)c(=O)[nH]c2cc(C(=O)Nc3cccc(COC)c3)ccc21. The van der Waals surface area contributed by atoms with Crippen molar-refractivity contribution in [3.05, 3.63) is 74.3 Å². The van der Waals surface area contributed by atoms with E-state index >= 15 is 0 Å². The molecule has 0 aliphatic heterocycles. The number of benzene rings is 2. The third-order valence-electron chi connectivity index (χ3n) is 4.05. The Bertz CT molecular complexity index is 1080. The molecule has 1 amide bonds. The molecule has 0 atom stereocenters. The Morgan fingerprint density at radius 3 is 2.73 bits per heavy atom. The van der Waals surface area contributed by atoms with Gasteiger partial charge in [-0.3, -0.25) is 14.4 Å². The normalized spacial score (nSPS) is 10.8. The minimum atomic E-state index is -0.704. The van der Waals surface area contributed by atoms with Crippen LogP contribution >= 0.6 is 0 Å². The van der Waals surface area contributed by atoms with Crippen LogP contribution in [0.25, 0.3) is 11.0 Å². The summed E-state index contributed by atoms with van der Waals surface area (Å²) in [5, 5.41) is 2.82. The number of carbonyl (C=O) groups is 1. The van der Waals surface area contributed by atoms with Gasteiger partial charge in [0, 0.05) is 24.9 Å². The summed E-state index contributed by atoms with van der Waals surface area (Å²) in [6, 6.07) is 12.2. The number of ether oxygens (including phenoxy) is 1. The highest BCUT2D eigenvalue weighted by molar-refractivity contribution is 6.05. The predicted molar refractivity (Wildman–Crippen MR) is 99.6 cm³/mol. The van der Waals surface area contributed by atoms with Crippen molar-refractivity contribution in [2.75, 3.05) is 12.4 Å². The van der Waals surface area contributed by atoms with Crippen LogP contribution in [0.1, 0.15) is 22.8 Å². The Morgan fingerprint density at radius 2 is 2.00 bits per heavy atom. The molecular formula is C19H19N3O4. The van der Waals surface area contributed by atoms with Crippen LogP contribution in [-0.4, -0.2) is 22.6 Å². The molecule has 0 saturated carbocycles. The fraction of sp³-hybridized carbons (Fsp3) is 0.211. The van der Waals surface area contributed by atoms with Gasteiger partial charge in [0.05, 0.1) is 17.6 Å². The number of H-pyrrole nitrogens is 1. The Hall–Kier alpha value is -3.19. The smallest absolute Gasteiger partial charge is 0.316 e. The summed E-state index contributed by atoms with van der Waals surface area (Å²) in [5.74, 6) is -0.309. The lowest BCUT2D eigenvalue weighted by atomic mass is 10.1. The van der Waals surface area contributed by atoms with E-state index in [0.717, 1.165) is 5.56 Å². The molecule has 0 radical (unpaired) electrons. The zero-order valence-corrected chi connectivity index (χ0v) is 14.5. The minimum Gasteiger partial charge on any atom is -0.380 e. The maximum atomic E-state index is 12.5. The first-order chi connectivity index (χ1) is 12.5. The number of amides is 1. The molecule has 0 spiro atoms. The lowest BCUT2D eigenvalue weighted by molar-refractivity contribution is 0.102. The number of anilines is 1. The van der Waals surface area contributed by atoms with Gasteiger partial charge in [0.25, 0.3) is 5.91 Å². The van der Waals surface area contributed by atoms with Crippen LogP contribution < -0.4 is 16.4 Å². The van der Waals surface area contributed by atoms with Crippen LogP contribution in [0.5, 0.6) is 0 Å². The second-order valence-corrected chi connectivity index (χ2v) is 5.82. The van der Waals surface area contributed by atoms with E-state index in [2.05, 4.69) is 10.3 Å². The van der Waals surface area contributed by atoms with Crippen molar-refractivity contribution < 1.29 is 9.53 Å². The number of nitrogens with one attached hydrogen (secondary N) is 2. The molecule has 1 heterocycles. The standard InChI is InChI=1S/C19H19N3O4/c1-3-22-16-8-7-13(10-15(16)21-18(24)19(22)25)17(23)20-14-6-4-5-12(9-14)11-26-2/h4-10H,3,11H2,1-2H3,(H,20,23)(H,21,24). The van der Waals surface area contributed by atoms with E-state index in [0.29, 0.717) is 35.4 Å². The van der Waals surface area contributed by atoms with Crippen molar-refractivity contribution in [3.63, 3.8) is 0 Å². The van der Waals surface area contributed by atoms with Crippen LogP contribution in [-0.2, 0) is 17.9 Å². The molecule has 2 N–H and O–H groups in total. The quantitative estimate of drug-likeness (QED) is 0.687. The number of aromatic amines is 1. The van der Waals surface area contributed by atoms with E-state index in [1.807, 2.05) is 18.2 Å². The van der Waals surface area contributed by atoms with Crippen LogP contribution in [0.2, 0.25) is 0 Å². The maximum Gasteiger partial charge on any atom is 0.316 e. The fourth-order valence-electron chi connectivity index (χ4n) is 2.84. The second-order valence-electron chi connectivity index (χ2n) is 5.82. The third-order valence-corrected chi connectivity index (χ3v) is 4.05. The number of hydrogen-bond donors (Lipinski definition) is 2. The zero-order valence-electron chi connectivity index (χ0n) is 14.5. The van der Waals surface area contributed by atoms with Gasteiger partial charge in [0.2, 0.25) is 0 Å². The van der Waals surface area contributed by atoms with Gasteiger partial charge in [0.1, 0.15) is 0 Å². The summed E-state index contributed by atoms with van der Waals surface area (Å²) in [6.07, 6.45) is 0. The molecule has 0 unspecified atom stereocenters. The highest BCUT2D eigenvalue weighted by atomic mass is 16.5. The van der Waals surface area contributed by atoms with Crippen molar-refractivity contribution in [2.24, 2.45) is 0 Å². The molecule has 3 aromatic rings. The molecule has 0 aliphatic rings. The first kappa shape index (κ1) is 17.6. The van der Waals surface area contributed by atoms with Crippen LogP contribution in [0.15, 0.2) is 52.1 Å². The first-order valence-electron chi connectivity index (χ1n) is 8.19. The van der Waals surface area contributed by atoms with E-state index < -0.39 is 11.1 Å². The number of aromatic nitrogens is 2. The van der Waals surface area contributed by atoms with Gasteiger partial charge in [-0.25, -0.2) is 0 Å². The maximum absolute atomic E-state index is 12.5. The molecule has 0 fully saturated rings. The molecule has 3 rings (SSSR count). The van der Waals surface area contributed by atoms with E-state index in [1.54, 1.807) is 38.3 Å². The number of rotatable bonds is 5. The summed E-state index contributed by atoms with van der Waals surface area (Å²) in [6.45, 7) is 2.61. The molecule has 0 saturated heterocycles. The Balaban J connectivity index is 1.94. The van der Waals surface area contributed by atoms with E-state index in [1.165, 1.54) is 4.57 Å². The topological polar surface area (TPSA) is 93.2 Å². The average Bonchev–Trinajstić information content (AvgIpc) is 2.63. The van der Waals surface area contributed by atoms with Crippen molar-refractivity contribution in [3.8, 4) is 0 Å². The van der Waals surface area contributed by atoms with E-state index in [-0.39, 0.29) is 5.91 Å². The van der Waals surface area contributed by atoms with Gasteiger partial charge in [-0.1, -0.05) is 12.1 Å². The number of fused-ring (bicyclic) bond motifs is 1. The number of methoxy groups -OCH3 is 1. The largest absolute Gasteiger partial charge is 0.380 e. The molecule has 7 nitrogen and oxygen atoms in total. The number of nitrogens with zero attached hydrogens (tertiary/aromatic N) is 1. The molecule has 26 heavy (non-hydrogen) atoms.